The van der Waals surface area contributed by atoms with Gasteiger partial charge in [-0.15, -0.1) is 0 Å². The highest BCUT2D eigenvalue weighted by Crippen LogP contribution is 2.21. The Hall–Kier alpha value is -0.580. The molecular formula is C14H18BrClN2O. The van der Waals surface area contributed by atoms with Gasteiger partial charge in [0.2, 0.25) is 5.91 Å². The Morgan fingerprint density at radius 2 is 2.16 bits per heavy atom. The maximum absolute atomic E-state index is 12.1. The zero-order valence-corrected chi connectivity index (χ0v) is 13.3. The summed E-state index contributed by atoms with van der Waals surface area (Å²) in [5, 5.41) is 3.97. The molecular weight excluding hydrogens is 328 g/mol. The molecule has 1 aromatic rings. The Kier molecular flexibility index (Phi) is 5.25. The predicted octanol–water partition coefficient (Wildman–Crippen LogP) is 3.20. The van der Waals surface area contributed by atoms with Crippen molar-refractivity contribution in [3.8, 4) is 0 Å². The Morgan fingerprint density at radius 3 is 2.84 bits per heavy atom. The van der Waals surface area contributed by atoms with Gasteiger partial charge in [-0.1, -0.05) is 27.5 Å². The Balaban J connectivity index is 1.90. The van der Waals surface area contributed by atoms with Gasteiger partial charge in [-0.2, -0.15) is 0 Å². The predicted molar refractivity (Wildman–Crippen MR) is 81.3 cm³/mol. The van der Waals surface area contributed by atoms with E-state index in [0.717, 1.165) is 41.0 Å². The fourth-order valence-electron chi connectivity index (χ4n) is 2.24. The Labute approximate surface area is 127 Å². The van der Waals surface area contributed by atoms with E-state index in [1.54, 1.807) is 0 Å². The number of nitrogens with zero attached hydrogens (tertiary/aromatic N) is 1. The molecule has 1 aliphatic rings. The van der Waals surface area contributed by atoms with Crippen LogP contribution in [0.5, 0.6) is 0 Å². The second-order valence-electron chi connectivity index (χ2n) is 4.87. The minimum Gasteiger partial charge on any atom is -0.341 e. The normalized spacial score (nSPS) is 16.7. The number of hydrogen-bond acceptors (Lipinski definition) is 2. The topological polar surface area (TPSA) is 32.3 Å². The summed E-state index contributed by atoms with van der Waals surface area (Å²) in [5.41, 5.74) is 0.997. The van der Waals surface area contributed by atoms with E-state index in [2.05, 4.69) is 21.2 Å². The first-order valence-electron chi connectivity index (χ1n) is 6.54. The summed E-state index contributed by atoms with van der Waals surface area (Å²) in [6.07, 6.45) is 2.24. The smallest absolute Gasteiger partial charge is 0.239 e. The Bertz CT molecular complexity index is 461. The van der Waals surface area contributed by atoms with Gasteiger partial charge in [0, 0.05) is 29.1 Å². The second kappa shape index (κ2) is 6.73. The first-order chi connectivity index (χ1) is 9.08. The van der Waals surface area contributed by atoms with Crippen LogP contribution in [0.25, 0.3) is 0 Å². The van der Waals surface area contributed by atoms with Crippen molar-refractivity contribution in [3.05, 3.63) is 33.3 Å². The molecule has 1 N–H and O–H groups in total. The first kappa shape index (κ1) is 14.8. The highest BCUT2D eigenvalue weighted by atomic mass is 79.9. The fourth-order valence-corrected chi connectivity index (χ4v) is 2.83. The number of carbonyl (C=O) groups excluding carboxylic acids is 1. The van der Waals surface area contributed by atoms with Gasteiger partial charge in [0.1, 0.15) is 0 Å². The number of carbonyl (C=O) groups is 1. The van der Waals surface area contributed by atoms with E-state index in [1.807, 2.05) is 30.0 Å². The quantitative estimate of drug-likeness (QED) is 0.909. The highest BCUT2D eigenvalue weighted by Gasteiger charge is 2.22. The number of halogens is 2. The summed E-state index contributed by atoms with van der Waals surface area (Å²) < 4.78 is 0.993. The largest absolute Gasteiger partial charge is 0.341 e. The van der Waals surface area contributed by atoms with E-state index >= 15 is 0 Å². The summed E-state index contributed by atoms with van der Waals surface area (Å²) >= 11 is 9.55. The molecule has 1 unspecified atom stereocenters. The summed E-state index contributed by atoms with van der Waals surface area (Å²) in [4.78, 5) is 14.1. The van der Waals surface area contributed by atoms with Gasteiger partial charge in [-0.05, 0) is 43.5 Å². The number of amides is 1. The summed E-state index contributed by atoms with van der Waals surface area (Å²) in [6.45, 7) is 4.29. The minimum atomic E-state index is -0.173. The van der Waals surface area contributed by atoms with Gasteiger partial charge < -0.3 is 10.2 Å². The van der Waals surface area contributed by atoms with E-state index < -0.39 is 0 Å². The lowest BCUT2D eigenvalue weighted by atomic mass is 10.2. The molecule has 1 fully saturated rings. The second-order valence-corrected chi connectivity index (χ2v) is 6.19. The van der Waals surface area contributed by atoms with Gasteiger partial charge in [0.15, 0.2) is 0 Å². The summed E-state index contributed by atoms with van der Waals surface area (Å²) in [6, 6.07) is 5.57. The molecule has 1 amide bonds. The molecule has 0 spiro atoms. The molecule has 0 saturated carbocycles. The molecule has 0 aliphatic carbocycles. The van der Waals surface area contributed by atoms with Crippen LogP contribution in [-0.4, -0.2) is 29.9 Å². The average Bonchev–Trinajstić information content (AvgIpc) is 2.92. The molecule has 1 atom stereocenters. The fraction of sp³-hybridized carbons (Fsp3) is 0.500. The molecule has 1 heterocycles. The number of likely N-dealkylation sites (tertiary alicyclic amines) is 1. The molecule has 1 aliphatic heterocycles. The van der Waals surface area contributed by atoms with Crippen LogP contribution < -0.4 is 5.32 Å². The van der Waals surface area contributed by atoms with Crippen LogP contribution in [0.4, 0.5) is 0 Å². The first-order valence-corrected chi connectivity index (χ1v) is 7.71. The van der Waals surface area contributed by atoms with Crippen LogP contribution in [0.1, 0.15) is 25.3 Å². The van der Waals surface area contributed by atoms with Crippen molar-refractivity contribution < 1.29 is 4.79 Å². The molecule has 19 heavy (non-hydrogen) atoms. The number of benzene rings is 1. The van der Waals surface area contributed by atoms with Crippen LogP contribution in [0.3, 0.4) is 0 Å². The minimum absolute atomic E-state index is 0.173. The van der Waals surface area contributed by atoms with Crippen LogP contribution in [-0.2, 0) is 11.3 Å². The van der Waals surface area contributed by atoms with E-state index in [-0.39, 0.29) is 11.9 Å². The molecule has 3 nitrogen and oxygen atoms in total. The van der Waals surface area contributed by atoms with Crippen LogP contribution in [0.15, 0.2) is 22.7 Å². The molecule has 104 valence electrons. The number of nitrogens with one attached hydrogen (secondary N) is 1. The van der Waals surface area contributed by atoms with Gasteiger partial charge in [-0.25, -0.2) is 0 Å². The zero-order valence-electron chi connectivity index (χ0n) is 11.0. The lowest BCUT2D eigenvalue weighted by Crippen LogP contribution is -2.43. The van der Waals surface area contributed by atoms with Crippen LogP contribution in [0.2, 0.25) is 5.02 Å². The van der Waals surface area contributed by atoms with Crippen LogP contribution in [0, 0.1) is 0 Å². The summed E-state index contributed by atoms with van der Waals surface area (Å²) in [7, 11) is 0. The van der Waals surface area contributed by atoms with Gasteiger partial charge in [0.05, 0.1) is 6.04 Å². The lowest BCUT2D eigenvalue weighted by Gasteiger charge is -2.21. The van der Waals surface area contributed by atoms with Crippen molar-refractivity contribution in [1.82, 2.24) is 10.2 Å². The van der Waals surface area contributed by atoms with E-state index in [4.69, 9.17) is 11.6 Å². The molecule has 5 heteroatoms. The van der Waals surface area contributed by atoms with Crippen molar-refractivity contribution in [2.45, 2.75) is 32.4 Å². The van der Waals surface area contributed by atoms with Gasteiger partial charge in [0.25, 0.3) is 0 Å². The molecule has 0 bridgehead atoms. The Morgan fingerprint density at radius 1 is 1.47 bits per heavy atom. The average molecular weight is 346 g/mol. The zero-order chi connectivity index (χ0) is 13.8. The standard InChI is InChI=1S/C14H18BrClN2O/c1-10(14(19)18-6-2-3-7-18)17-9-11-8-12(15)4-5-13(11)16/h4-5,8,10,17H,2-3,6-7,9H2,1H3. The van der Waals surface area contributed by atoms with E-state index in [9.17, 15) is 4.79 Å². The SMILES string of the molecule is CC(NCc1cc(Br)ccc1Cl)C(=O)N1CCCC1. The summed E-state index contributed by atoms with van der Waals surface area (Å²) in [5.74, 6) is 0.184. The van der Waals surface area contributed by atoms with Crippen molar-refractivity contribution in [1.29, 1.82) is 0 Å². The molecule has 0 radical (unpaired) electrons. The third-order valence-corrected chi connectivity index (χ3v) is 4.26. The number of rotatable bonds is 4. The van der Waals surface area contributed by atoms with Crippen LogP contribution >= 0.6 is 27.5 Å². The third-order valence-electron chi connectivity index (χ3n) is 3.39. The highest BCUT2D eigenvalue weighted by molar-refractivity contribution is 9.10. The lowest BCUT2D eigenvalue weighted by molar-refractivity contribution is -0.131. The third kappa shape index (κ3) is 3.94. The van der Waals surface area contributed by atoms with Crippen molar-refractivity contribution in [3.63, 3.8) is 0 Å². The maximum atomic E-state index is 12.1. The monoisotopic (exact) mass is 344 g/mol. The molecule has 0 aromatic heterocycles. The van der Waals surface area contributed by atoms with E-state index in [0.29, 0.717) is 6.54 Å². The number of hydrogen-bond donors (Lipinski definition) is 1. The maximum Gasteiger partial charge on any atom is 0.239 e. The van der Waals surface area contributed by atoms with Crippen molar-refractivity contribution in [2.75, 3.05) is 13.1 Å². The molecule has 1 saturated heterocycles. The van der Waals surface area contributed by atoms with Crippen molar-refractivity contribution in [2.24, 2.45) is 0 Å². The van der Waals surface area contributed by atoms with E-state index in [1.165, 1.54) is 0 Å². The molecule has 2 rings (SSSR count). The van der Waals surface area contributed by atoms with Gasteiger partial charge >= 0.3 is 0 Å². The molecule has 1 aromatic carbocycles. The van der Waals surface area contributed by atoms with Crippen molar-refractivity contribution >= 4 is 33.4 Å². The van der Waals surface area contributed by atoms with Gasteiger partial charge in [-0.3, -0.25) is 4.79 Å².